The minimum atomic E-state index is -4.11. The van der Waals surface area contributed by atoms with E-state index >= 15 is 0 Å². The van der Waals surface area contributed by atoms with E-state index in [-0.39, 0.29) is 17.1 Å². The van der Waals surface area contributed by atoms with Crippen LogP contribution in [0.4, 0.5) is 5.69 Å². The average Bonchev–Trinajstić information content (AvgIpc) is 2.93. The first-order valence-corrected chi connectivity index (χ1v) is 13.5. The number of anilines is 1. The summed E-state index contributed by atoms with van der Waals surface area (Å²) in [7, 11) is 0.527. The van der Waals surface area contributed by atoms with Gasteiger partial charge in [-0.15, -0.1) is 0 Å². The third kappa shape index (κ3) is 5.67. The number of benzene rings is 3. The minimum Gasteiger partial charge on any atom is -0.497 e. The normalized spacial score (nSPS) is 15.1. The maximum Gasteiger partial charge on any atom is 0.267 e. The number of para-hydroxylation sites is 3. The van der Waals surface area contributed by atoms with Crippen molar-refractivity contribution in [1.29, 1.82) is 0 Å². The molecule has 3 aromatic rings. The van der Waals surface area contributed by atoms with Crippen LogP contribution in [0.1, 0.15) is 24.8 Å². The molecule has 0 saturated carbocycles. The van der Waals surface area contributed by atoms with Crippen LogP contribution >= 0.6 is 0 Å². The van der Waals surface area contributed by atoms with Crippen molar-refractivity contribution in [3.8, 4) is 17.2 Å². The highest BCUT2D eigenvalue weighted by atomic mass is 32.2. The molecule has 4 rings (SSSR count). The summed E-state index contributed by atoms with van der Waals surface area (Å²) in [4.78, 5) is 15.4. The molecule has 1 aliphatic heterocycles. The zero-order valence-electron chi connectivity index (χ0n) is 21.3. The first-order valence-electron chi connectivity index (χ1n) is 12.0. The van der Waals surface area contributed by atoms with Crippen molar-refractivity contribution >= 4 is 21.6 Å². The summed E-state index contributed by atoms with van der Waals surface area (Å²) in [5, 5.41) is 0. The van der Waals surface area contributed by atoms with Gasteiger partial charge in [-0.25, -0.2) is 13.1 Å². The fraction of sp³-hybridized carbons (Fsp3) is 0.321. The second kappa shape index (κ2) is 11.1. The van der Waals surface area contributed by atoms with Gasteiger partial charge in [0.15, 0.2) is 0 Å². The molecule has 0 aromatic heterocycles. The number of carbonyl (C=O) groups is 1. The van der Waals surface area contributed by atoms with Gasteiger partial charge in [0.25, 0.3) is 10.0 Å². The highest BCUT2D eigenvalue weighted by Crippen LogP contribution is 2.42. The van der Waals surface area contributed by atoms with E-state index in [0.29, 0.717) is 31.7 Å². The molecular formula is C28H32N2O6S. The number of nitrogens with one attached hydrogen (secondary N) is 1. The molecule has 9 heteroatoms. The summed E-state index contributed by atoms with van der Waals surface area (Å²) >= 11 is 0. The van der Waals surface area contributed by atoms with Crippen LogP contribution in [0, 0.1) is 0 Å². The molecule has 1 N–H and O–H groups in total. The van der Waals surface area contributed by atoms with Crippen LogP contribution in [0.5, 0.6) is 17.2 Å². The standard InChI is InChI=1S/C28H32N2O6S/c1-34-22-10-8-9-21(19-22)28(15-17-30(18-16-28)23-11-4-5-12-24(23)35-2)20-27(31)29-37(32,33)26-14-7-6-13-25(26)36-3/h4-14,19H,15-18,20H2,1-3H3,(H,29,31). The van der Waals surface area contributed by atoms with E-state index in [0.717, 1.165) is 17.0 Å². The predicted molar refractivity (Wildman–Crippen MR) is 142 cm³/mol. The van der Waals surface area contributed by atoms with Crippen LogP contribution in [-0.2, 0) is 20.2 Å². The molecule has 1 amide bonds. The largest absolute Gasteiger partial charge is 0.497 e. The quantitative estimate of drug-likeness (QED) is 0.450. The highest BCUT2D eigenvalue weighted by Gasteiger charge is 2.40. The molecule has 1 aliphatic rings. The number of amides is 1. The Morgan fingerprint density at radius 2 is 1.51 bits per heavy atom. The van der Waals surface area contributed by atoms with E-state index in [4.69, 9.17) is 14.2 Å². The lowest BCUT2D eigenvalue weighted by Crippen LogP contribution is -2.46. The third-order valence-electron chi connectivity index (χ3n) is 6.93. The number of methoxy groups -OCH3 is 3. The van der Waals surface area contributed by atoms with Crippen LogP contribution < -0.4 is 23.8 Å². The number of carbonyl (C=O) groups excluding carboxylic acids is 1. The van der Waals surface area contributed by atoms with Gasteiger partial charge in [-0.05, 0) is 54.8 Å². The van der Waals surface area contributed by atoms with Gasteiger partial charge in [-0.2, -0.15) is 0 Å². The van der Waals surface area contributed by atoms with Gasteiger partial charge >= 0.3 is 0 Å². The van der Waals surface area contributed by atoms with Gasteiger partial charge in [0.1, 0.15) is 22.1 Å². The van der Waals surface area contributed by atoms with Gasteiger partial charge in [-0.3, -0.25) is 4.79 Å². The van der Waals surface area contributed by atoms with Crippen LogP contribution in [0.2, 0.25) is 0 Å². The number of sulfonamides is 1. The van der Waals surface area contributed by atoms with Gasteiger partial charge in [0.05, 0.1) is 27.0 Å². The van der Waals surface area contributed by atoms with Crippen molar-refractivity contribution in [2.75, 3.05) is 39.3 Å². The monoisotopic (exact) mass is 524 g/mol. The van der Waals surface area contributed by atoms with Gasteiger partial charge in [-0.1, -0.05) is 36.4 Å². The maximum atomic E-state index is 13.3. The Morgan fingerprint density at radius 3 is 2.19 bits per heavy atom. The van der Waals surface area contributed by atoms with Crippen molar-refractivity contribution in [2.24, 2.45) is 0 Å². The first-order chi connectivity index (χ1) is 17.8. The Kier molecular flexibility index (Phi) is 7.92. The van der Waals surface area contributed by atoms with Gasteiger partial charge < -0.3 is 19.1 Å². The molecule has 0 unspecified atom stereocenters. The van der Waals surface area contributed by atoms with Crippen LogP contribution in [0.3, 0.4) is 0 Å². The number of hydrogen-bond acceptors (Lipinski definition) is 7. The molecule has 0 spiro atoms. The van der Waals surface area contributed by atoms with Crippen LogP contribution in [0.25, 0.3) is 0 Å². The lowest BCUT2D eigenvalue weighted by atomic mass is 9.70. The predicted octanol–water partition coefficient (Wildman–Crippen LogP) is 4.15. The van der Waals surface area contributed by atoms with E-state index in [1.807, 2.05) is 48.5 Å². The Hall–Kier alpha value is -3.72. The highest BCUT2D eigenvalue weighted by molar-refractivity contribution is 7.90. The Balaban J connectivity index is 1.61. The lowest BCUT2D eigenvalue weighted by molar-refractivity contribution is -0.120. The molecule has 1 saturated heterocycles. The Bertz CT molecular complexity index is 1350. The molecule has 8 nitrogen and oxygen atoms in total. The van der Waals surface area contributed by atoms with E-state index in [1.165, 1.54) is 13.2 Å². The summed E-state index contributed by atoms with van der Waals surface area (Å²) in [6.45, 7) is 1.34. The van der Waals surface area contributed by atoms with E-state index < -0.39 is 21.3 Å². The van der Waals surface area contributed by atoms with Crippen molar-refractivity contribution < 1.29 is 27.4 Å². The SMILES string of the molecule is COc1cccc(C2(CC(=O)NS(=O)(=O)c3ccccc3OC)CCN(c3ccccc3OC)CC2)c1. The Morgan fingerprint density at radius 1 is 0.865 bits per heavy atom. The maximum absolute atomic E-state index is 13.3. The number of piperidine rings is 1. The fourth-order valence-electron chi connectivity index (χ4n) is 4.98. The first kappa shape index (κ1) is 26.3. The summed E-state index contributed by atoms with van der Waals surface area (Å²) in [5.41, 5.74) is 1.36. The molecule has 0 radical (unpaired) electrons. The van der Waals surface area contributed by atoms with E-state index in [1.54, 1.807) is 32.4 Å². The number of hydrogen-bond donors (Lipinski definition) is 1. The zero-order valence-corrected chi connectivity index (χ0v) is 22.1. The van der Waals surface area contributed by atoms with Crippen LogP contribution in [0.15, 0.2) is 77.7 Å². The van der Waals surface area contributed by atoms with E-state index in [9.17, 15) is 13.2 Å². The molecule has 1 heterocycles. The molecule has 1 fully saturated rings. The van der Waals surface area contributed by atoms with Crippen molar-refractivity contribution in [2.45, 2.75) is 29.6 Å². The second-order valence-corrected chi connectivity index (χ2v) is 10.7. The van der Waals surface area contributed by atoms with Crippen molar-refractivity contribution in [3.63, 3.8) is 0 Å². The molecule has 0 bridgehead atoms. The average molecular weight is 525 g/mol. The van der Waals surface area contributed by atoms with Crippen LogP contribution in [-0.4, -0.2) is 48.7 Å². The van der Waals surface area contributed by atoms with E-state index in [2.05, 4.69) is 9.62 Å². The lowest BCUT2D eigenvalue weighted by Gasteiger charge is -2.43. The number of nitrogens with zero attached hydrogens (tertiary/aromatic N) is 1. The third-order valence-corrected chi connectivity index (χ3v) is 8.35. The Labute approximate surface area is 218 Å². The molecular weight excluding hydrogens is 492 g/mol. The number of ether oxygens (including phenoxy) is 3. The summed E-state index contributed by atoms with van der Waals surface area (Å²) in [6.07, 6.45) is 1.29. The van der Waals surface area contributed by atoms with Gasteiger partial charge in [0.2, 0.25) is 5.91 Å². The molecule has 3 aromatic carbocycles. The molecule has 37 heavy (non-hydrogen) atoms. The molecule has 0 atom stereocenters. The molecule has 0 aliphatic carbocycles. The van der Waals surface area contributed by atoms with Gasteiger partial charge in [0, 0.05) is 24.9 Å². The topological polar surface area (TPSA) is 94.2 Å². The fourth-order valence-corrected chi connectivity index (χ4v) is 6.13. The van der Waals surface area contributed by atoms with Crippen molar-refractivity contribution in [1.82, 2.24) is 4.72 Å². The summed E-state index contributed by atoms with van der Waals surface area (Å²) < 4.78 is 44.6. The smallest absolute Gasteiger partial charge is 0.267 e. The second-order valence-electron chi connectivity index (χ2n) is 9.03. The van der Waals surface area contributed by atoms with Crippen molar-refractivity contribution in [3.05, 3.63) is 78.4 Å². The molecule has 196 valence electrons. The summed E-state index contributed by atoms with van der Waals surface area (Å²) in [5.74, 6) is 1.08. The number of rotatable bonds is 9. The minimum absolute atomic E-state index is 0.00825. The zero-order chi connectivity index (χ0) is 26.5. The summed E-state index contributed by atoms with van der Waals surface area (Å²) in [6, 6.07) is 21.7.